The van der Waals surface area contributed by atoms with Crippen LogP contribution in [0.4, 0.5) is 5.69 Å². The van der Waals surface area contributed by atoms with Crippen molar-refractivity contribution in [2.24, 2.45) is 22.7 Å². The molecule has 3 nitrogen and oxygen atoms in total. The first-order valence-corrected chi connectivity index (χ1v) is 11.2. The van der Waals surface area contributed by atoms with E-state index in [0.29, 0.717) is 17.7 Å². The molecule has 3 fully saturated rings. The Morgan fingerprint density at radius 2 is 2.12 bits per heavy atom. The van der Waals surface area contributed by atoms with Gasteiger partial charge in [-0.15, -0.1) is 0 Å². The van der Waals surface area contributed by atoms with Gasteiger partial charge in [0.25, 0.3) is 0 Å². The van der Waals surface area contributed by atoms with Gasteiger partial charge in [0, 0.05) is 18.7 Å². The number of fused-ring (bicyclic) bond motifs is 2. The van der Waals surface area contributed by atoms with Gasteiger partial charge in [0.05, 0.1) is 5.69 Å². The first kappa shape index (κ1) is 18.1. The molecule has 1 aromatic rings. The molecule has 1 amide bonds. The minimum absolute atomic E-state index is 0.301. The molecule has 3 aliphatic rings. The Balaban J connectivity index is 1.52. The fraction of sp³-hybridized carbons (Fsp3) is 0.636. The van der Waals surface area contributed by atoms with Gasteiger partial charge < -0.3 is 0 Å². The lowest BCUT2D eigenvalue weighted by Gasteiger charge is -2.30. The third kappa shape index (κ3) is 3.71. The second-order valence-corrected chi connectivity index (χ2v) is 9.56. The highest BCUT2D eigenvalue weighted by Gasteiger charge is 2.41. The largest absolute Gasteiger partial charge is 0.291 e. The molecule has 3 unspecified atom stereocenters. The molecule has 140 valence electrons. The second-order valence-electron chi connectivity index (χ2n) is 8.49. The van der Waals surface area contributed by atoms with Gasteiger partial charge in [-0.3, -0.25) is 9.69 Å². The number of rotatable bonds is 4. The molecule has 2 saturated carbocycles. The van der Waals surface area contributed by atoms with Crippen LogP contribution in [0.3, 0.4) is 0 Å². The summed E-state index contributed by atoms with van der Waals surface area (Å²) >= 11 is 1.74. The Morgan fingerprint density at radius 3 is 2.85 bits per heavy atom. The summed E-state index contributed by atoms with van der Waals surface area (Å²) in [5.41, 5.74) is 2.27. The number of para-hydroxylation sites is 1. The molecule has 1 aliphatic heterocycles. The van der Waals surface area contributed by atoms with Crippen molar-refractivity contribution in [2.75, 3.05) is 12.3 Å². The number of hydrogen-bond acceptors (Lipinski definition) is 3. The number of carbonyl (C=O) groups is 1. The molecule has 0 N–H and O–H groups in total. The maximum absolute atomic E-state index is 13.1. The van der Waals surface area contributed by atoms with Crippen molar-refractivity contribution < 1.29 is 4.79 Å². The van der Waals surface area contributed by atoms with Crippen LogP contribution in [0, 0.1) is 17.8 Å². The lowest BCUT2D eigenvalue weighted by molar-refractivity contribution is -0.128. The monoisotopic (exact) mass is 370 g/mol. The average Bonchev–Trinajstić information content (AvgIpc) is 3.25. The number of amidine groups is 1. The third-order valence-corrected chi connectivity index (χ3v) is 7.45. The van der Waals surface area contributed by atoms with Crippen LogP contribution in [0.2, 0.25) is 0 Å². The number of nitrogens with zero attached hydrogens (tertiary/aromatic N) is 2. The Kier molecular flexibility index (Phi) is 5.40. The number of aliphatic imine (C=N–C) groups is 1. The van der Waals surface area contributed by atoms with Gasteiger partial charge >= 0.3 is 0 Å². The minimum atomic E-state index is 0.301. The number of benzene rings is 1. The molecule has 1 aromatic carbocycles. The number of thioether (sulfide) groups is 1. The molecule has 4 rings (SSSR count). The van der Waals surface area contributed by atoms with Gasteiger partial charge in [0.1, 0.15) is 0 Å². The number of carbonyl (C=O) groups excluding carboxylic acids is 1. The van der Waals surface area contributed by atoms with E-state index in [1.807, 2.05) is 11.0 Å². The van der Waals surface area contributed by atoms with Crippen LogP contribution in [0.25, 0.3) is 0 Å². The van der Waals surface area contributed by atoms with Gasteiger partial charge in [0.2, 0.25) is 5.91 Å². The lowest BCUT2D eigenvalue weighted by atomic mass is 9.86. The van der Waals surface area contributed by atoms with Gasteiger partial charge in [0.15, 0.2) is 5.17 Å². The van der Waals surface area contributed by atoms with Crippen molar-refractivity contribution in [3.63, 3.8) is 0 Å². The van der Waals surface area contributed by atoms with Gasteiger partial charge in [-0.1, -0.05) is 50.2 Å². The Labute approximate surface area is 161 Å². The van der Waals surface area contributed by atoms with E-state index < -0.39 is 0 Å². The zero-order valence-corrected chi connectivity index (χ0v) is 16.8. The minimum Gasteiger partial charge on any atom is -0.291 e. The topological polar surface area (TPSA) is 32.7 Å². The predicted octanol–water partition coefficient (Wildman–Crippen LogP) is 5.59. The first-order valence-electron chi connectivity index (χ1n) is 10.2. The van der Waals surface area contributed by atoms with E-state index in [4.69, 9.17) is 4.99 Å². The summed E-state index contributed by atoms with van der Waals surface area (Å²) in [4.78, 5) is 20.0. The highest BCUT2D eigenvalue weighted by atomic mass is 32.2. The van der Waals surface area contributed by atoms with Crippen LogP contribution < -0.4 is 0 Å². The first-order chi connectivity index (χ1) is 12.6. The van der Waals surface area contributed by atoms with Crippen LogP contribution >= 0.6 is 11.8 Å². The standard InChI is InChI=1S/C22H30N2OS/c1-15(2)19-6-3-4-7-20(19)23-22-24(10-5-11-26-22)21(25)14-18-13-16-8-9-17(18)12-16/h3-4,6-7,15-18H,5,8-14H2,1-2H3. The van der Waals surface area contributed by atoms with Crippen molar-refractivity contribution in [3.8, 4) is 0 Å². The summed E-state index contributed by atoms with van der Waals surface area (Å²) in [5.74, 6) is 4.12. The molecule has 0 spiro atoms. The SMILES string of the molecule is CC(C)c1ccccc1N=C1SCCCN1C(=O)CC1CC2CCC1C2. The normalized spacial score (nSPS) is 29.7. The second kappa shape index (κ2) is 7.75. The van der Waals surface area contributed by atoms with Crippen LogP contribution in [-0.2, 0) is 4.79 Å². The Hall–Kier alpha value is -1.29. The summed E-state index contributed by atoms with van der Waals surface area (Å²) in [6.07, 6.45) is 7.19. The van der Waals surface area contributed by atoms with Gasteiger partial charge in [-0.05, 0) is 61.0 Å². The molecule has 0 aromatic heterocycles. The fourth-order valence-corrected chi connectivity index (χ4v) is 5.99. The zero-order valence-electron chi connectivity index (χ0n) is 16.0. The molecule has 0 radical (unpaired) electrons. The summed E-state index contributed by atoms with van der Waals surface area (Å²) in [6.45, 7) is 5.23. The maximum Gasteiger partial charge on any atom is 0.228 e. The summed E-state index contributed by atoms with van der Waals surface area (Å²) < 4.78 is 0. The van der Waals surface area contributed by atoms with Crippen LogP contribution in [0.1, 0.15) is 63.9 Å². The number of amides is 1. The van der Waals surface area contributed by atoms with Gasteiger partial charge in [-0.2, -0.15) is 0 Å². The molecular weight excluding hydrogens is 340 g/mol. The molecule has 4 heteroatoms. The lowest BCUT2D eigenvalue weighted by Crippen LogP contribution is -2.40. The van der Waals surface area contributed by atoms with Crippen molar-refractivity contribution in [1.82, 2.24) is 4.90 Å². The third-order valence-electron chi connectivity index (χ3n) is 6.39. The Morgan fingerprint density at radius 1 is 1.27 bits per heavy atom. The van der Waals surface area contributed by atoms with Crippen molar-refractivity contribution in [1.29, 1.82) is 0 Å². The molecular formula is C22H30N2OS. The van der Waals surface area contributed by atoms with Crippen molar-refractivity contribution >= 4 is 28.5 Å². The molecule has 1 heterocycles. The van der Waals surface area contributed by atoms with Crippen molar-refractivity contribution in [3.05, 3.63) is 29.8 Å². The highest BCUT2D eigenvalue weighted by Crippen LogP contribution is 2.49. The summed E-state index contributed by atoms with van der Waals surface area (Å²) in [5, 5.41) is 0.914. The van der Waals surface area contributed by atoms with E-state index in [2.05, 4.69) is 32.0 Å². The Bertz CT molecular complexity index is 699. The number of hydrogen-bond donors (Lipinski definition) is 0. The van der Waals surface area contributed by atoms with E-state index in [0.717, 1.165) is 47.8 Å². The maximum atomic E-state index is 13.1. The van der Waals surface area contributed by atoms with Crippen LogP contribution in [0.15, 0.2) is 29.3 Å². The van der Waals surface area contributed by atoms with Crippen molar-refractivity contribution in [2.45, 2.75) is 58.3 Å². The molecule has 26 heavy (non-hydrogen) atoms. The molecule has 2 bridgehead atoms. The van der Waals surface area contributed by atoms with E-state index in [1.54, 1.807) is 11.8 Å². The van der Waals surface area contributed by atoms with E-state index >= 15 is 0 Å². The average molecular weight is 371 g/mol. The molecule has 2 aliphatic carbocycles. The highest BCUT2D eigenvalue weighted by molar-refractivity contribution is 8.13. The van der Waals surface area contributed by atoms with Crippen LogP contribution in [0.5, 0.6) is 0 Å². The van der Waals surface area contributed by atoms with Crippen LogP contribution in [-0.4, -0.2) is 28.3 Å². The molecule has 3 atom stereocenters. The quantitative estimate of drug-likeness (QED) is 0.692. The van der Waals surface area contributed by atoms with Gasteiger partial charge in [-0.25, -0.2) is 4.99 Å². The van der Waals surface area contributed by atoms with E-state index in [9.17, 15) is 4.79 Å². The van der Waals surface area contributed by atoms with E-state index in [-0.39, 0.29) is 0 Å². The summed E-state index contributed by atoms with van der Waals surface area (Å²) in [6, 6.07) is 8.35. The van der Waals surface area contributed by atoms with E-state index in [1.165, 1.54) is 31.2 Å². The molecule has 1 saturated heterocycles. The smallest absolute Gasteiger partial charge is 0.228 e. The fourth-order valence-electron chi connectivity index (χ4n) is 5.03. The predicted molar refractivity (Wildman–Crippen MR) is 110 cm³/mol. The zero-order chi connectivity index (χ0) is 18.1. The summed E-state index contributed by atoms with van der Waals surface area (Å²) in [7, 11) is 0.